The predicted molar refractivity (Wildman–Crippen MR) is 69.3 cm³/mol. The molecule has 0 aromatic carbocycles. The van der Waals surface area contributed by atoms with Crippen molar-refractivity contribution in [3.63, 3.8) is 0 Å². The summed E-state index contributed by atoms with van der Waals surface area (Å²) in [7, 11) is 1.91. The van der Waals surface area contributed by atoms with Crippen molar-refractivity contribution < 1.29 is 4.52 Å². The largest absolute Gasteiger partial charge is 0.339 e. The maximum absolute atomic E-state index is 5.28. The zero-order chi connectivity index (χ0) is 12.4. The molecule has 18 heavy (non-hydrogen) atoms. The monoisotopic (exact) mass is 265 g/mol. The molecule has 1 atom stereocenters. The first-order chi connectivity index (χ1) is 8.83. The third kappa shape index (κ3) is 2.41. The maximum atomic E-state index is 5.28. The van der Waals surface area contributed by atoms with Crippen LogP contribution < -0.4 is 5.32 Å². The first-order valence-electron chi connectivity index (χ1n) is 5.94. The smallest absolute Gasteiger partial charge is 0.238 e. The quantitative estimate of drug-likeness (QED) is 0.882. The lowest BCUT2D eigenvalue weighted by atomic mass is 10.2. The standard InChI is InChI=1S/C11H15N5OS/c1-16-4-2-13-11(16)10-14-9(17-15-10)6-8-7-18-5-3-12-8/h2,4,8,12H,3,5-7H2,1H3. The molecule has 0 saturated carbocycles. The lowest BCUT2D eigenvalue weighted by Gasteiger charge is -2.21. The third-order valence-corrected chi connectivity index (χ3v) is 4.04. The second-order valence-electron chi connectivity index (χ2n) is 4.30. The Morgan fingerprint density at radius 1 is 1.61 bits per heavy atom. The molecule has 1 fully saturated rings. The van der Waals surface area contributed by atoms with E-state index in [0.29, 0.717) is 17.8 Å². The van der Waals surface area contributed by atoms with Gasteiger partial charge in [0, 0.05) is 50.0 Å². The SMILES string of the molecule is Cn1ccnc1-c1noc(CC2CSCCN2)n1. The molecule has 6 nitrogen and oxygen atoms in total. The Morgan fingerprint density at radius 2 is 2.56 bits per heavy atom. The van der Waals surface area contributed by atoms with Crippen LogP contribution in [-0.4, -0.2) is 43.8 Å². The Kier molecular flexibility index (Phi) is 3.33. The van der Waals surface area contributed by atoms with Crippen molar-refractivity contribution in [3.8, 4) is 11.6 Å². The van der Waals surface area contributed by atoms with Gasteiger partial charge in [-0.1, -0.05) is 5.16 Å². The van der Waals surface area contributed by atoms with Gasteiger partial charge in [-0.15, -0.1) is 0 Å². The van der Waals surface area contributed by atoms with Gasteiger partial charge in [-0.05, 0) is 0 Å². The molecule has 0 spiro atoms. The van der Waals surface area contributed by atoms with Crippen molar-refractivity contribution >= 4 is 11.8 Å². The molecule has 2 aromatic heterocycles. The summed E-state index contributed by atoms with van der Waals surface area (Å²) < 4.78 is 7.16. The molecule has 3 heterocycles. The minimum atomic E-state index is 0.429. The summed E-state index contributed by atoms with van der Waals surface area (Å²) in [5.74, 6) is 4.24. The van der Waals surface area contributed by atoms with E-state index in [4.69, 9.17) is 4.52 Å². The van der Waals surface area contributed by atoms with E-state index >= 15 is 0 Å². The number of hydrogen-bond donors (Lipinski definition) is 1. The molecule has 1 aliphatic rings. The van der Waals surface area contributed by atoms with Crippen LogP contribution in [0.1, 0.15) is 5.89 Å². The molecular weight excluding hydrogens is 250 g/mol. The number of hydrogen-bond acceptors (Lipinski definition) is 6. The van der Waals surface area contributed by atoms with E-state index in [1.165, 1.54) is 5.75 Å². The van der Waals surface area contributed by atoms with Crippen LogP contribution in [0.25, 0.3) is 11.6 Å². The highest BCUT2D eigenvalue weighted by Crippen LogP contribution is 2.15. The summed E-state index contributed by atoms with van der Waals surface area (Å²) in [6, 6.07) is 0.429. The van der Waals surface area contributed by atoms with E-state index < -0.39 is 0 Å². The van der Waals surface area contributed by atoms with Crippen molar-refractivity contribution in [2.75, 3.05) is 18.1 Å². The molecule has 3 rings (SSSR count). The summed E-state index contributed by atoms with van der Waals surface area (Å²) in [4.78, 5) is 8.60. The number of imidazole rings is 1. The number of aromatic nitrogens is 4. The van der Waals surface area contributed by atoms with E-state index in [2.05, 4.69) is 20.4 Å². The van der Waals surface area contributed by atoms with E-state index in [1.54, 1.807) is 6.20 Å². The fourth-order valence-electron chi connectivity index (χ4n) is 1.97. The van der Waals surface area contributed by atoms with Gasteiger partial charge in [0.2, 0.25) is 11.7 Å². The van der Waals surface area contributed by atoms with Gasteiger partial charge in [0.25, 0.3) is 0 Å². The van der Waals surface area contributed by atoms with Gasteiger partial charge in [0.15, 0.2) is 5.82 Å². The van der Waals surface area contributed by atoms with Crippen LogP contribution >= 0.6 is 11.8 Å². The highest BCUT2D eigenvalue weighted by molar-refractivity contribution is 7.99. The fourth-order valence-corrected chi connectivity index (χ4v) is 2.92. The highest BCUT2D eigenvalue weighted by atomic mass is 32.2. The van der Waals surface area contributed by atoms with Crippen LogP contribution in [0.3, 0.4) is 0 Å². The average molecular weight is 265 g/mol. The van der Waals surface area contributed by atoms with E-state index in [0.717, 1.165) is 24.5 Å². The van der Waals surface area contributed by atoms with E-state index in [-0.39, 0.29) is 0 Å². The molecule has 1 aliphatic heterocycles. The Labute approximate surface area is 109 Å². The van der Waals surface area contributed by atoms with Crippen LogP contribution in [0.15, 0.2) is 16.9 Å². The first-order valence-corrected chi connectivity index (χ1v) is 7.10. The van der Waals surface area contributed by atoms with Crippen LogP contribution in [0.2, 0.25) is 0 Å². The van der Waals surface area contributed by atoms with Gasteiger partial charge in [0.1, 0.15) is 0 Å². The third-order valence-electron chi connectivity index (χ3n) is 2.91. The minimum Gasteiger partial charge on any atom is -0.339 e. The number of aryl methyl sites for hydroxylation is 1. The fraction of sp³-hybridized carbons (Fsp3) is 0.545. The van der Waals surface area contributed by atoms with Crippen molar-refractivity contribution in [2.45, 2.75) is 12.5 Å². The van der Waals surface area contributed by atoms with E-state index in [9.17, 15) is 0 Å². The molecule has 0 radical (unpaired) electrons. The first kappa shape index (κ1) is 11.7. The summed E-state index contributed by atoms with van der Waals surface area (Å²) in [6.45, 7) is 1.05. The van der Waals surface area contributed by atoms with Crippen molar-refractivity contribution in [1.82, 2.24) is 25.0 Å². The summed E-state index contributed by atoms with van der Waals surface area (Å²) in [6.07, 6.45) is 4.37. The number of nitrogens with zero attached hydrogens (tertiary/aromatic N) is 4. The average Bonchev–Trinajstić information content (AvgIpc) is 2.99. The van der Waals surface area contributed by atoms with Crippen LogP contribution in [0, 0.1) is 0 Å². The van der Waals surface area contributed by atoms with Crippen molar-refractivity contribution in [3.05, 3.63) is 18.3 Å². The Balaban J connectivity index is 1.71. The van der Waals surface area contributed by atoms with Crippen LogP contribution in [0.4, 0.5) is 0 Å². The Morgan fingerprint density at radius 3 is 3.28 bits per heavy atom. The zero-order valence-corrected chi connectivity index (χ0v) is 11.0. The van der Waals surface area contributed by atoms with Crippen LogP contribution in [-0.2, 0) is 13.5 Å². The van der Waals surface area contributed by atoms with Gasteiger partial charge in [-0.2, -0.15) is 16.7 Å². The predicted octanol–water partition coefficient (Wildman–Crippen LogP) is 0.718. The molecule has 1 unspecified atom stereocenters. The topological polar surface area (TPSA) is 68.8 Å². The zero-order valence-electron chi connectivity index (χ0n) is 10.2. The molecule has 0 amide bonds. The molecule has 1 N–H and O–H groups in total. The van der Waals surface area contributed by atoms with Gasteiger partial charge in [-0.25, -0.2) is 4.98 Å². The van der Waals surface area contributed by atoms with Crippen LogP contribution in [0.5, 0.6) is 0 Å². The van der Waals surface area contributed by atoms with Gasteiger partial charge in [-0.3, -0.25) is 0 Å². The van der Waals surface area contributed by atoms with Crippen molar-refractivity contribution in [2.24, 2.45) is 7.05 Å². The highest BCUT2D eigenvalue weighted by Gasteiger charge is 2.18. The Bertz CT molecular complexity index is 517. The second kappa shape index (κ2) is 5.11. The van der Waals surface area contributed by atoms with E-state index in [1.807, 2.05) is 29.6 Å². The van der Waals surface area contributed by atoms with Crippen molar-refractivity contribution in [1.29, 1.82) is 0 Å². The summed E-state index contributed by atoms with van der Waals surface area (Å²) in [5.41, 5.74) is 0. The Hall–Kier alpha value is -1.34. The number of nitrogens with one attached hydrogen (secondary N) is 1. The van der Waals surface area contributed by atoms with Gasteiger partial charge < -0.3 is 14.4 Å². The second-order valence-corrected chi connectivity index (χ2v) is 5.45. The summed E-state index contributed by atoms with van der Waals surface area (Å²) >= 11 is 1.96. The molecule has 0 bridgehead atoms. The minimum absolute atomic E-state index is 0.429. The molecule has 96 valence electrons. The lowest BCUT2D eigenvalue weighted by Crippen LogP contribution is -2.38. The number of rotatable bonds is 3. The maximum Gasteiger partial charge on any atom is 0.238 e. The number of thioether (sulfide) groups is 1. The molecular formula is C11H15N5OS. The molecule has 7 heteroatoms. The summed E-state index contributed by atoms with van der Waals surface area (Å²) in [5, 5.41) is 7.43. The molecule has 2 aromatic rings. The molecule has 0 aliphatic carbocycles. The normalized spacial score (nSPS) is 20.2. The lowest BCUT2D eigenvalue weighted by molar-refractivity contribution is 0.363. The van der Waals surface area contributed by atoms with Gasteiger partial charge >= 0.3 is 0 Å². The molecule has 1 saturated heterocycles. The van der Waals surface area contributed by atoms with Gasteiger partial charge in [0.05, 0.1) is 0 Å².